The van der Waals surface area contributed by atoms with Gasteiger partial charge >= 0.3 is 0 Å². The number of aromatic nitrogens is 2. The van der Waals surface area contributed by atoms with E-state index in [4.69, 9.17) is 0 Å². The zero-order valence-electron chi connectivity index (χ0n) is 12.1. The van der Waals surface area contributed by atoms with E-state index in [0.29, 0.717) is 13.1 Å². The molecule has 2 heterocycles. The SMILES string of the molecule is CCc1nn(C)c(CN2CCN(S(C)(=O)=O)CC2)c1Br. The summed E-state index contributed by atoms with van der Waals surface area (Å²) in [6, 6.07) is 0. The van der Waals surface area contributed by atoms with E-state index in [-0.39, 0.29) is 0 Å². The fourth-order valence-electron chi connectivity index (χ4n) is 2.42. The molecule has 0 aromatic carbocycles. The van der Waals surface area contributed by atoms with Gasteiger partial charge in [-0.15, -0.1) is 0 Å². The summed E-state index contributed by atoms with van der Waals surface area (Å²) in [7, 11) is -1.11. The number of sulfonamides is 1. The highest BCUT2D eigenvalue weighted by Gasteiger charge is 2.24. The molecule has 0 unspecified atom stereocenters. The molecule has 114 valence electrons. The molecule has 0 saturated carbocycles. The average Bonchev–Trinajstić information content (AvgIpc) is 2.66. The Morgan fingerprint density at radius 3 is 2.30 bits per heavy atom. The predicted octanol–water partition coefficient (Wildman–Crippen LogP) is 0.822. The Balaban J connectivity index is 2.01. The van der Waals surface area contributed by atoms with Crippen LogP contribution in [0.15, 0.2) is 4.47 Å². The second kappa shape index (κ2) is 6.13. The first-order valence-electron chi connectivity index (χ1n) is 6.70. The summed E-state index contributed by atoms with van der Waals surface area (Å²) in [5, 5.41) is 4.49. The molecule has 0 radical (unpaired) electrons. The number of nitrogens with zero attached hydrogens (tertiary/aromatic N) is 4. The van der Waals surface area contributed by atoms with Crippen LogP contribution in [-0.4, -0.2) is 59.8 Å². The Hall–Kier alpha value is -0.440. The first-order valence-corrected chi connectivity index (χ1v) is 9.34. The molecule has 0 spiro atoms. The lowest BCUT2D eigenvalue weighted by molar-refractivity contribution is 0.178. The molecule has 1 aromatic rings. The van der Waals surface area contributed by atoms with Crippen molar-refractivity contribution in [2.24, 2.45) is 7.05 Å². The molecule has 8 heteroatoms. The van der Waals surface area contributed by atoms with Gasteiger partial charge in [0, 0.05) is 39.8 Å². The molecule has 0 amide bonds. The summed E-state index contributed by atoms with van der Waals surface area (Å²) in [5.41, 5.74) is 2.21. The summed E-state index contributed by atoms with van der Waals surface area (Å²) < 4.78 is 27.5. The summed E-state index contributed by atoms with van der Waals surface area (Å²) in [6.45, 7) is 5.52. The molecule has 1 fully saturated rings. The van der Waals surface area contributed by atoms with E-state index in [0.717, 1.165) is 41.9 Å². The maximum Gasteiger partial charge on any atom is 0.211 e. The third-order valence-electron chi connectivity index (χ3n) is 3.68. The molecule has 1 aromatic heterocycles. The molecule has 0 atom stereocenters. The molecule has 2 rings (SSSR count). The van der Waals surface area contributed by atoms with Crippen molar-refractivity contribution in [1.29, 1.82) is 0 Å². The monoisotopic (exact) mass is 364 g/mol. The number of hydrogen-bond acceptors (Lipinski definition) is 4. The Morgan fingerprint density at radius 1 is 1.25 bits per heavy atom. The molecule has 1 aliphatic rings. The molecule has 20 heavy (non-hydrogen) atoms. The van der Waals surface area contributed by atoms with E-state index < -0.39 is 10.0 Å². The molecular formula is C12H21BrN4O2S. The van der Waals surface area contributed by atoms with Crippen LogP contribution in [0.4, 0.5) is 0 Å². The molecule has 0 bridgehead atoms. The highest BCUT2D eigenvalue weighted by Crippen LogP contribution is 2.23. The van der Waals surface area contributed by atoms with E-state index in [1.165, 1.54) is 6.26 Å². The molecule has 0 N–H and O–H groups in total. The standard InChI is InChI=1S/C12H21BrN4O2S/c1-4-10-12(13)11(15(2)14-10)9-16-5-7-17(8-6-16)20(3,18)19/h4-9H2,1-3H3. The van der Waals surface area contributed by atoms with Gasteiger partial charge in [-0.25, -0.2) is 8.42 Å². The predicted molar refractivity (Wildman–Crippen MR) is 82.0 cm³/mol. The first-order chi connectivity index (χ1) is 9.32. The fraction of sp³-hybridized carbons (Fsp3) is 0.750. The smallest absolute Gasteiger partial charge is 0.211 e. The molecule has 0 aliphatic carbocycles. The lowest BCUT2D eigenvalue weighted by atomic mass is 10.2. The Labute approximate surface area is 128 Å². The number of rotatable bonds is 4. The molecule has 6 nitrogen and oxygen atoms in total. The summed E-state index contributed by atoms with van der Waals surface area (Å²) in [5.74, 6) is 0. The summed E-state index contributed by atoms with van der Waals surface area (Å²) in [6.07, 6.45) is 2.17. The number of hydrogen-bond donors (Lipinski definition) is 0. The van der Waals surface area contributed by atoms with Crippen LogP contribution in [-0.2, 0) is 30.0 Å². The second-order valence-electron chi connectivity index (χ2n) is 5.12. The quantitative estimate of drug-likeness (QED) is 0.793. The number of piperazine rings is 1. The minimum atomic E-state index is -3.06. The van der Waals surface area contributed by atoms with Gasteiger partial charge in [-0.3, -0.25) is 9.58 Å². The van der Waals surface area contributed by atoms with Crippen LogP contribution >= 0.6 is 15.9 Å². The van der Waals surface area contributed by atoms with Crippen molar-refractivity contribution < 1.29 is 8.42 Å². The Morgan fingerprint density at radius 2 is 1.85 bits per heavy atom. The van der Waals surface area contributed by atoms with Crippen molar-refractivity contribution in [3.63, 3.8) is 0 Å². The van der Waals surface area contributed by atoms with E-state index in [1.807, 2.05) is 11.7 Å². The van der Waals surface area contributed by atoms with Gasteiger partial charge in [0.25, 0.3) is 0 Å². The minimum Gasteiger partial charge on any atom is -0.295 e. The van der Waals surface area contributed by atoms with E-state index in [2.05, 4.69) is 32.9 Å². The van der Waals surface area contributed by atoms with Gasteiger partial charge in [0.15, 0.2) is 0 Å². The van der Waals surface area contributed by atoms with Crippen molar-refractivity contribution in [2.45, 2.75) is 19.9 Å². The van der Waals surface area contributed by atoms with Gasteiger partial charge in [0.1, 0.15) is 0 Å². The largest absolute Gasteiger partial charge is 0.295 e. The lowest BCUT2D eigenvalue weighted by Gasteiger charge is -2.33. The zero-order valence-corrected chi connectivity index (χ0v) is 14.5. The van der Waals surface area contributed by atoms with E-state index >= 15 is 0 Å². The summed E-state index contributed by atoms with van der Waals surface area (Å²) in [4.78, 5) is 2.27. The van der Waals surface area contributed by atoms with Gasteiger partial charge in [0.05, 0.1) is 22.1 Å². The van der Waals surface area contributed by atoms with Crippen LogP contribution in [0.5, 0.6) is 0 Å². The third-order valence-corrected chi connectivity index (χ3v) is 5.90. The van der Waals surface area contributed by atoms with Crippen molar-refractivity contribution in [1.82, 2.24) is 19.0 Å². The van der Waals surface area contributed by atoms with Gasteiger partial charge in [0.2, 0.25) is 10.0 Å². The number of aryl methyl sites for hydroxylation is 2. The molecule has 1 saturated heterocycles. The average molecular weight is 365 g/mol. The van der Waals surface area contributed by atoms with Crippen molar-refractivity contribution in [2.75, 3.05) is 32.4 Å². The minimum absolute atomic E-state index is 0.564. The van der Waals surface area contributed by atoms with Crippen LogP contribution in [0, 0.1) is 0 Å². The van der Waals surface area contributed by atoms with Crippen molar-refractivity contribution >= 4 is 26.0 Å². The van der Waals surface area contributed by atoms with Gasteiger partial charge in [-0.2, -0.15) is 9.40 Å². The van der Waals surface area contributed by atoms with E-state index in [1.54, 1.807) is 4.31 Å². The van der Waals surface area contributed by atoms with Crippen LogP contribution in [0.25, 0.3) is 0 Å². The topological polar surface area (TPSA) is 58.4 Å². The van der Waals surface area contributed by atoms with Crippen LogP contribution in [0.1, 0.15) is 18.3 Å². The zero-order chi connectivity index (χ0) is 14.9. The van der Waals surface area contributed by atoms with Crippen molar-refractivity contribution in [3.8, 4) is 0 Å². The Bertz CT molecular complexity index is 577. The van der Waals surface area contributed by atoms with Crippen LogP contribution in [0.3, 0.4) is 0 Å². The van der Waals surface area contributed by atoms with Gasteiger partial charge in [-0.1, -0.05) is 6.92 Å². The van der Waals surface area contributed by atoms with Crippen molar-refractivity contribution in [3.05, 3.63) is 15.9 Å². The Kier molecular flexibility index (Phi) is 4.88. The van der Waals surface area contributed by atoms with Crippen LogP contribution < -0.4 is 0 Å². The maximum atomic E-state index is 11.5. The lowest BCUT2D eigenvalue weighted by Crippen LogP contribution is -2.48. The number of halogens is 1. The second-order valence-corrected chi connectivity index (χ2v) is 7.90. The van der Waals surface area contributed by atoms with Gasteiger partial charge < -0.3 is 0 Å². The highest BCUT2D eigenvalue weighted by atomic mass is 79.9. The normalized spacial score (nSPS) is 18.6. The summed E-state index contributed by atoms with van der Waals surface area (Å²) >= 11 is 3.62. The molecular weight excluding hydrogens is 344 g/mol. The third kappa shape index (κ3) is 3.41. The van der Waals surface area contributed by atoms with E-state index in [9.17, 15) is 8.42 Å². The maximum absolute atomic E-state index is 11.5. The van der Waals surface area contributed by atoms with Crippen LogP contribution in [0.2, 0.25) is 0 Å². The van der Waals surface area contributed by atoms with Gasteiger partial charge in [-0.05, 0) is 22.4 Å². The first kappa shape index (κ1) is 15.9. The fourth-order valence-corrected chi connectivity index (χ4v) is 3.99. The highest BCUT2D eigenvalue weighted by molar-refractivity contribution is 9.10. The molecule has 1 aliphatic heterocycles.